The number of carbonyl (C=O) groups excluding carboxylic acids is 1. The van der Waals surface area contributed by atoms with Gasteiger partial charge in [0.15, 0.2) is 0 Å². The molecule has 0 aliphatic carbocycles. The topological polar surface area (TPSA) is 59.3 Å². The van der Waals surface area contributed by atoms with E-state index >= 15 is 0 Å². The molecule has 1 aromatic rings. The van der Waals surface area contributed by atoms with Crippen molar-refractivity contribution in [3.8, 4) is 11.8 Å². The van der Waals surface area contributed by atoms with Crippen LogP contribution in [0.1, 0.15) is 15.9 Å². The minimum atomic E-state index is -4.96. The van der Waals surface area contributed by atoms with Gasteiger partial charge in [-0.1, -0.05) is 15.9 Å². The van der Waals surface area contributed by atoms with Gasteiger partial charge < -0.3 is 9.47 Å². The molecule has 0 radical (unpaired) electrons. The number of carbonyl (C=O) groups is 1. The summed E-state index contributed by atoms with van der Waals surface area (Å²) in [6.45, 7) is 0. The Morgan fingerprint density at radius 2 is 2.06 bits per heavy atom. The zero-order chi connectivity index (χ0) is 13.9. The third-order valence-corrected chi connectivity index (χ3v) is 2.27. The van der Waals surface area contributed by atoms with Crippen molar-refractivity contribution in [2.45, 2.75) is 6.36 Å². The molecule has 0 fully saturated rings. The first-order chi connectivity index (χ1) is 8.28. The SMILES string of the molecule is COC(=O)c1cc(Br)cc(OC(F)(F)F)c1C#N. The molecule has 0 N–H and O–H groups in total. The van der Waals surface area contributed by atoms with Gasteiger partial charge in [0.2, 0.25) is 0 Å². The first-order valence-corrected chi connectivity index (χ1v) is 5.15. The Morgan fingerprint density at radius 3 is 2.50 bits per heavy atom. The maximum Gasteiger partial charge on any atom is 0.573 e. The monoisotopic (exact) mass is 323 g/mol. The quantitative estimate of drug-likeness (QED) is 0.785. The molecule has 0 bridgehead atoms. The molecule has 96 valence electrons. The number of rotatable bonds is 2. The summed E-state index contributed by atoms with van der Waals surface area (Å²) in [5, 5.41) is 8.81. The van der Waals surface area contributed by atoms with Crippen LogP contribution in [0.4, 0.5) is 13.2 Å². The van der Waals surface area contributed by atoms with Crippen LogP contribution >= 0.6 is 15.9 Å². The molecule has 0 saturated heterocycles. The van der Waals surface area contributed by atoms with E-state index in [1.807, 2.05) is 0 Å². The molecule has 0 aromatic heterocycles. The van der Waals surface area contributed by atoms with Crippen LogP contribution in [0.2, 0.25) is 0 Å². The van der Waals surface area contributed by atoms with Gasteiger partial charge in [0.05, 0.1) is 12.7 Å². The third kappa shape index (κ3) is 3.37. The van der Waals surface area contributed by atoms with Crippen molar-refractivity contribution in [2.24, 2.45) is 0 Å². The fraction of sp³-hybridized carbons (Fsp3) is 0.200. The van der Waals surface area contributed by atoms with Crippen LogP contribution in [-0.4, -0.2) is 19.4 Å². The number of hydrogen-bond acceptors (Lipinski definition) is 4. The molecule has 0 aliphatic heterocycles. The third-order valence-electron chi connectivity index (χ3n) is 1.81. The van der Waals surface area contributed by atoms with Gasteiger partial charge in [-0.05, 0) is 12.1 Å². The van der Waals surface area contributed by atoms with Crippen LogP contribution in [0.15, 0.2) is 16.6 Å². The first-order valence-electron chi connectivity index (χ1n) is 4.36. The number of benzene rings is 1. The highest BCUT2D eigenvalue weighted by molar-refractivity contribution is 9.10. The lowest BCUT2D eigenvalue weighted by Gasteiger charge is -2.12. The second-order valence-corrected chi connectivity index (χ2v) is 3.89. The lowest BCUT2D eigenvalue weighted by molar-refractivity contribution is -0.274. The lowest BCUT2D eigenvalue weighted by atomic mass is 10.1. The Morgan fingerprint density at radius 1 is 1.44 bits per heavy atom. The van der Waals surface area contributed by atoms with Gasteiger partial charge in [0.1, 0.15) is 17.4 Å². The van der Waals surface area contributed by atoms with Crippen LogP contribution in [0.25, 0.3) is 0 Å². The van der Waals surface area contributed by atoms with E-state index in [9.17, 15) is 18.0 Å². The van der Waals surface area contributed by atoms with Crippen LogP contribution in [-0.2, 0) is 4.74 Å². The number of hydrogen-bond donors (Lipinski definition) is 0. The van der Waals surface area contributed by atoms with Gasteiger partial charge in [-0.3, -0.25) is 0 Å². The minimum absolute atomic E-state index is 0.154. The Hall–Kier alpha value is -1.75. The van der Waals surface area contributed by atoms with E-state index in [4.69, 9.17) is 5.26 Å². The summed E-state index contributed by atoms with van der Waals surface area (Å²) < 4.78 is 44.6. The van der Waals surface area contributed by atoms with Gasteiger partial charge in [0.25, 0.3) is 0 Å². The smallest absolute Gasteiger partial charge is 0.465 e. The summed E-state index contributed by atoms with van der Waals surface area (Å²) in [7, 11) is 1.05. The average molecular weight is 324 g/mol. The van der Waals surface area contributed by atoms with Gasteiger partial charge in [-0.15, -0.1) is 13.2 Å². The van der Waals surface area contributed by atoms with Crippen LogP contribution in [0, 0.1) is 11.3 Å². The fourth-order valence-corrected chi connectivity index (χ4v) is 1.61. The first kappa shape index (κ1) is 14.3. The van der Waals surface area contributed by atoms with Crippen molar-refractivity contribution in [2.75, 3.05) is 7.11 Å². The molecule has 4 nitrogen and oxygen atoms in total. The van der Waals surface area contributed by atoms with Gasteiger partial charge in [-0.25, -0.2) is 4.79 Å². The van der Waals surface area contributed by atoms with Crippen molar-refractivity contribution >= 4 is 21.9 Å². The number of nitriles is 1. The van der Waals surface area contributed by atoms with Crippen molar-refractivity contribution in [3.63, 3.8) is 0 Å². The van der Waals surface area contributed by atoms with E-state index in [0.29, 0.717) is 0 Å². The number of ether oxygens (including phenoxy) is 2. The van der Waals surface area contributed by atoms with E-state index in [0.717, 1.165) is 13.2 Å². The Labute approximate surface area is 108 Å². The van der Waals surface area contributed by atoms with Crippen molar-refractivity contribution in [1.82, 2.24) is 0 Å². The molecule has 0 spiro atoms. The van der Waals surface area contributed by atoms with Gasteiger partial charge in [0, 0.05) is 4.47 Å². The normalized spacial score (nSPS) is 10.7. The number of nitrogens with zero attached hydrogens (tertiary/aromatic N) is 1. The molecular formula is C10H5BrF3NO3. The summed E-state index contributed by atoms with van der Waals surface area (Å²) in [4.78, 5) is 11.3. The minimum Gasteiger partial charge on any atom is -0.465 e. The van der Waals surface area contributed by atoms with Crippen molar-refractivity contribution in [1.29, 1.82) is 5.26 Å². The highest BCUT2D eigenvalue weighted by Gasteiger charge is 2.33. The molecule has 0 amide bonds. The number of methoxy groups -OCH3 is 1. The zero-order valence-corrected chi connectivity index (χ0v) is 10.4. The molecule has 1 aromatic carbocycles. The fourth-order valence-electron chi connectivity index (χ4n) is 1.17. The molecule has 0 unspecified atom stereocenters. The maximum absolute atomic E-state index is 12.1. The number of alkyl halides is 3. The molecule has 8 heteroatoms. The maximum atomic E-state index is 12.1. The number of halogens is 4. The molecule has 0 aliphatic rings. The van der Waals surface area contributed by atoms with E-state index in [2.05, 4.69) is 25.4 Å². The molecule has 1 rings (SSSR count). The lowest BCUT2D eigenvalue weighted by Crippen LogP contribution is -2.19. The largest absolute Gasteiger partial charge is 0.573 e. The summed E-state index contributed by atoms with van der Waals surface area (Å²) in [5.41, 5.74) is -0.851. The Bertz CT molecular complexity index is 522. The van der Waals surface area contributed by atoms with Gasteiger partial charge in [-0.2, -0.15) is 5.26 Å². The van der Waals surface area contributed by atoms with Crippen LogP contribution in [0.5, 0.6) is 5.75 Å². The van der Waals surface area contributed by atoms with E-state index in [1.54, 1.807) is 0 Å². The van der Waals surface area contributed by atoms with E-state index in [1.165, 1.54) is 12.1 Å². The number of esters is 1. The molecule has 0 saturated carbocycles. The molecular weight excluding hydrogens is 319 g/mol. The van der Waals surface area contributed by atoms with Crippen molar-refractivity contribution < 1.29 is 27.4 Å². The van der Waals surface area contributed by atoms with Crippen LogP contribution < -0.4 is 4.74 Å². The highest BCUT2D eigenvalue weighted by Crippen LogP contribution is 2.31. The van der Waals surface area contributed by atoms with Gasteiger partial charge >= 0.3 is 12.3 Å². The second kappa shape index (κ2) is 5.27. The zero-order valence-electron chi connectivity index (χ0n) is 8.84. The standard InChI is InChI=1S/C10H5BrF3NO3/c1-17-9(16)6-2-5(11)3-8(7(6)4-15)18-10(12,13)14/h2-3H,1H3. The predicted octanol–water partition coefficient (Wildman–Crippen LogP) is 3.01. The average Bonchev–Trinajstić information content (AvgIpc) is 2.25. The second-order valence-electron chi connectivity index (χ2n) is 2.98. The predicted molar refractivity (Wildman–Crippen MR) is 56.9 cm³/mol. The van der Waals surface area contributed by atoms with E-state index < -0.39 is 23.6 Å². The summed E-state index contributed by atoms with van der Waals surface area (Å²) >= 11 is 2.92. The van der Waals surface area contributed by atoms with Crippen LogP contribution in [0.3, 0.4) is 0 Å². The summed E-state index contributed by atoms with van der Waals surface area (Å²) in [6, 6.07) is 3.60. The highest BCUT2D eigenvalue weighted by atomic mass is 79.9. The Balaban J connectivity index is 3.39. The summed E-state index contributed by atoms with van der Waals surface area (Å²) in [5.74, 6) is -1.69. The molecule has 18 heavy (non-hydrogen) atoms. The summed E-state index contributed by atoms with van der Waals surface area (Å²) in [6.07, 6.45) is -4.96. The Kier molecular flexibility index (Phi) is 4.19. The van der Waals surface area contributed by atoms with E-state index in [-0.39, 0.29) is 10.0 Å². The molecule has 0 atom stereocenters. The van der Waals surface area contributed by atoms with Crippen molar-refractivity contribution in [3.05, 3.63) is 27.7 Å². The molecule has 0 heterocycles.